The molecule has 3 rings (SSSR count). The summed E-state index contributed by atoms with van der Waals surface area (Å²) in [6, 6.07) is 15.3. The minimum Gasteiger partial charge on any atom is -0.503 e. The van der Waals surface area contributed by atoms with Gasteiger partial charge in [0, 0.05) is 23.5 Å². The SMILES string of the molecule is CO/C=C(/C(=O)OC)c1ccccc1Oc1nc(Cc2cccc(C)c2)ns1. The summed E-state index contributed by atoms with van der Waals surface area (Å²) >= 11 is 1.17. The highest BCUT2D eigenvalue weighted by molar-refractivity contribution is 7.07. The molecule has 28 heavy (non-hydrogen) atoms. The fourth-order valence-electron chi connectivity index (χ4n) is 2.68. The number of benzene rings is 2. The summed E-state index contributed by atoms with van der Waals surface area (Å²) in [6.45, 7) is 2.05. The number of methoxy groups -OCH3 is 2. The largest absolute Gasteiger partial charge is 0.503 e. The first kappa shape index (κ1) is 19.6. The highest BCUT2D eigenvalue weighted by Crippen LogP contribution is 2.32. The summed E-state index contributed by atoms with van der Waals surface area (Å²) in [5, 5.41) is 0.400. The molecule has 0 spiro atoms. The van der Waals surface area contributed by atoms with Crippen LogP contribution in [0.2, 0.25) is 0 Å². The van der Waals surface area contributed by atoms with E-state index >= 15 is 0 Å². The molecule has 0 fully saturated rings. The van der Waals surface area contributed by atoms with Crippen molar-refractivity contribution >= 4 is 23.1 Å². The lowest BCUT2D eigenvalue weighted by Crippen LogP contribution is -2.05. The number of hydrogen-bond acceptors (Lipinski definition) is 7. The van der Waals surface area contributed by atoms with Crippen LogP contribution in [0.15, 0.2) is 54.8 Å². The standard InChI is InChI=1S/C21H20N2O4S/c1-14-7-6-8-15(11-14)12-19-22-21(28-23-19)27-18-10-5-4-9-16(18)17(13-25-2)20(24)26-3/h4-11,13H,12H2,1-3H3/b17-13+. The maximum absolute atomic E-state index is 12.1. The van der Waals surface area contributed by atoms with E-state index in [-0.39, 0.29) is 5.57 Å². The second-order valence-corrected chi connectivity index (χ2v) is 6.71. The first-order valence-corrected chi connectivity index (χ1v) is 9.34. The van der Waals surface area contributed by atoms with Crippen LogP contribution >= 0.6 is 11.5 Å². The minimum atomic E-state index is -0.518. The number of carbonyl (C=O) groups is 1. The van der Waals surface area contributed by atoms with Crippen LogP contribution in [-0.4, -0.2) is 29.5 Å². The van der Waals surface area contributed by atoms with Crippen LogP contribution in [-0.2, 0) is 20.7 Å². The molecule has 0 aliphatic rings. The minimum absolute atomic E-state index is 0.255. The topological polar surface area (TPSA) is 70.5 Å². The average molecular weight is 396 g/mol. The Labute approximate surface area is 167 Å². The van der Waals surface area contributed by atoms with E-state index in [0.717, 1.165) is 5.56 Å². The van der Waals surface area contributed by atoms with Crippen molar-refractivity contribution in [3.63, 3.8) is 0 Å². The number of rotatable bonds is 7. The number of nitrogens with zero attached hydrogens (tertiary/aromatic N) is 2. The van der Waals surface area contributed by atoms with Crippen molar-refractivity contribution < 1.29 is 19.0 Å². The maximum Gasteiger partial charge on any atom is 0.341 e. The summed E-state index contributed by atoms with van der Waals surface area (Å²) in [5.74, 6) is 0.633. The van der Waals surface area contributed by atoms with Gasteiger partial charge in [-0.1, -0.05) is 48.0 Å². The Balaban J connectivity index is 1.82. The van der Waals surface area contributed by atoms with Crippen LogP contribution < -0.4 is 4.74 Å². The Bertz CT molecular complexity index is 997. The van der Waals surface area contributed by atoms with Gasteiger partial charge in [-0.25, -0.2) is 4.79 Å². The molecule has 0 amide bonds. The zero-order chi connectivity index (χ0) is 19.9. The summed E-state index contributed by atoms with van der Waals surface area (Å²) in [6.07, 6.45) is 1.96. The number of aromatic nitrogens is 2. The van der Waals surface area contributed by atoms with Crippen LogP contribution in [0.4, 0.5) is 0 Å². The third-order valence-corrected chi connectivity index (χ3v) is 4.54. The number of hydrogen-bond donors (Lipinski definition) is 0. The number of esters is 1. The number of ether oxygens (including phenoxy) is 3. The summed E-state index contributed by atoms with van der Waals surface area (Å²) in [7, 11) is 2.78. The van der Waals surface area contributed by atoms with Gasteiger partial charge >= 0.3 is 5.97 Å². The van der Waals surface area contributed by atoms with Gasteiger partial charge in [0.05, 0.1) is 20.5 Å². The fraction of sp³-hybridized carbons (Fsp3) is 0.190. The molecule has 0 radical (unpaired) electrons. The molecule has 0 atom stereocenters. The molecule has 0 unspecified atom stereocenters. The molecule has 0 bridgehead atoms. The van der Waals surface area contributed by atoms with Gasteiger partial charge in [0.25, 0.3) is 5.19 Å². The molecule has 3 aromatic rings. The van der Waals surface area contributed by atoms with E-state index in [1.54, 1.807) is 18.2 Å². The zero-order valence-corrected chi connectivity index (χ0v) is 16.7. The maximum atomic E-state index is 12.1. The van der Waals surface area contributed by atoms with Crippen molar-refractivity contribution in [1.82, 2.24) is 9.36 Å². The van der Waals surface area contributed by atoms with Crippen molar-refractivity contribution in [2.45, 2.75) is 13.3 Å². The Hall–Kier alpha value is -3.19. The Kier molecular flexibility index (Phi) is 6.39. The molecule has 0 N–H and O–H groups in total. The van der Waals surface area contributed by atoms with E-state index < -0.39 is 5.97 Å². The first-order chi connectivity index (χ1) is 13.6. The normalized spacial score (nSPS) is 11.2. The van der Waals surface area contributed by atoms with Gasteiger partial charge in [-0.05, 0) is 18.6 Å². The monoisotopic (exact) mass is 396 g/mol. The molecule has 0 aliphatic carbocycles. The van der Waals surface area contributed by atoms with Gasteiger partial charge < -0.3 is 14.2 Å². The van der Waals surface area contributed by atoms with Gasteiger partial charge in [-0.3, -0.25) is 0 Å². The Morgan fingerprint density at radius 2 is 1.96 bits per heavy atom. The van der Waals surface area contributed by atoms with E-state index in [1.807, 2.05) is 18.2 Å². The van der Waals surface area contributed by atoms with Gasteiger partial charge in [0.1, 0.15) is 11.3 Å². The van der Waals surface area contributed by atoms with E-state index in [0.29, 0.717) is 28.8 Å². The van der Waals surface area contributed by atoms with Crippen molar-refractivity contribution in [2.75, 3.05) is 14.2 Å². The van der Waals surface area contributed by atoms with E-state index in [2.05, 4.69) is 28.4 Å². The van der Waals surface area contributed by atoms with Gasteiger partial charge in [0.15, 0.2) is 5.82 Å². The second kappa shape index (κ2) is 9.14. The summed E-state index contributed by atoms with van der Waals surface area (Å²) < 4.78 is 20.1. The average Bonchev–Trinajstić information content (AvgIpc) is 3.13. The smallest absolute Gasteiger partial charge is 0.341 e. The van der Waals surface area contributed by atoms with Crippen molar-refractivity contribution in [3.05, 3.63) is 77.3 Å². The van der Waals surface area contributed by atoms with Crippen molar-refractivity contribution in [3.8, 4) is 10.9 Å². The lowest BCUT2D eigenvalue weighted by Gasteiger charge is -2.10. The van der Waals surface area contributed by atoms with Crippen molar-refractivity contribution in [1.29, 1.82) is 0 Å². The van der Waals surface area contributed by atoms with Crippen LogP contribution in [0, 0.1) is 6.92 Å². The van der Waals surface area contributed by atoms with E-state index in [4.69, 9.17) is 14.2 Å². The molecule has 1 aromatic heterocycles. The van der Waals surface area contributed by atoms with Crippen LogP contribution in [0.25, 0.3) is 5.57 Å². The Morgan fingerprint density at radius 1 is 1.14 bits per heavy atom. The van der Waals surface area contributed by atoms with Gasteiger partial charge in [0.2, 0.25) is 0 Å². The van der Waals surface area contributed by atoms with Crippen LogP contribution in [0.1, 0.15) is 22.5 Å². The Morgan fingerprint density at radius 3 is 2.71 bits per heavy atom. The lowest BCUT2D eigenvalue weighted by molar-refractivity contribution is -0.133. The third kappa shape index (κ3) is 4.75. The predicted molar refractivity (Wildman–Crippen MR) is 107 cm³/mol. The number of aryl methyl sites for hydroxylation is 1. The lowest BCUT2D eigenvalue weighted by atomic mass is 10.1. The third-order valence-electron chi connectivity index (χ3n) is 3.91. The quantitative estimate of drug-likeness (QED) is 0.335. The highest BCUT2D eigenvalue weighted by Gasteiger charge is 2.19. The van der Waals surface area contributed by atoms with Crippen LogP contribution in [0.5, 0.6) is 10.9 Å². The first-order valence-electron chi connectivity index (χ1n) is 8.57. The molecule has 2 aromatic carbocycles. The summed E-state index contributed by atoms with van der Waals surface area (Å²) in [4.78, 5) is 16.6. The molecule has 0 saturated heterocycles. The molecule has 0 saturated carbocycles. The number of carbonyl (C=O) groups excluding carboxylic acids is 1. The zero-order valence-electron chi connectivity index (χ0n) is 15.8. The van der Waals surface area contributed by atoms with E-state index in [9.17, 15) is 4.79 Å². The molecule has 7 heteroatoms. The molecule has 144 valence electrons. The summed E-state index contributed by atoms with van der Waals surface area (Å²) in [5.41, 5.74) is 3.14. The molecular formula is C21H20N2O4S. The molecular weight excluding hydrogens is 376 g/mol. The predicted octanol–water partition coefficient (Wildman–Crippen LogP) is 4.39. The fourth-order valence-corrected chi connectivity index (χ4v) is 3.24. The molecule has 1 heterocycles. The van der Waals surface area contributed by atoms with Crippen LogP contribution in [0.3, 0.4) is 0 Å². The second-order valence-electron chi connectivity index (χ2n) is 6.00. The van der Waals surface area contributed by atoms with E-state index in [1.165, 1.54) is 37.6 Å². The highest BCUT2D eigenvalue weighted by atomic mass is 32.1. The molecule has 6 nitrogen and oxygen atoms in total. The van der Waals surface area contributed by atoms with Gasteiger partial charge in [-0.2, -0.15) is 9.36 Å². The molecule has 0 aliphatic heterocycles. The van der Waals surface area contributed by atoms with Crippen molar-refractivity contribution in [2.24, 2.45) is 0 Å². The van der Waals surface area contributed by atoms with Gasteiger partial charge in [-0.15, -0.1) is 0 Å². The number of para-hydroxylation sites is 1.